The van der Waals surface area contributed by atoms with Crippen LogP contribution in [0.3, 0.4) is 0 Å². The number of para-hydroxylation sites is 3. The minimum atomic E-state index is 0. The zero-order valence-electron chi connectivity index (χ0n) is 27.1. The minimum absolute atomic E-state index is 0. The predicted octanol–water partition coefficient (Wildman–Crippen LogP) is 14.5. The lowest BCUT2D eigenvalue weighted by Crippen LogP contribution is -1.92. The third-order valence-corrected chi connectivity index (χ3v) is 5.94. The molecule has 3 heterocycles. The Hall–Kier alpha value is -4.02. The van der Waals surface area contributed by atoms with E-state index in [0.29, 0.717) is 6.79 Å². The lowest BCUT2D eigenvalue weighted by Gasteiger charge is -1.89. The van der Waals surface area contributed by atoms with E-state index in [-0.39, 0.29) is 22.3 Å². The van der Waals surface area contributed by atoms with Gasteiger partial charge in [-0.25, -0.2) is 0 Å². The van der Waals surface area contributed by atoms with Gasteiger partial charge in [-0.05, 0) is 59.5 Å². The van der Waals surface area contributed by atoms with Gasteiger partial charge in [0.15, 0.2) is 11.5 Å². The van der Waals surface area contributed by atoms with Gasteiger partial charge in [0, 0.05) is 16.4 Å². The van der Waals surface area contributed by atoms with Crippen molar-refractivity contribution in [3.63, 3.8) is 0 Å². The topological polar surface area (TPSA) is 34.2 Å². The van der Waals surface area contributed by atoms with Crippen LogP contribution in [0.15, 0.2) is 127 Å². The van der Waals surface area contributed by atoms with Crippen molar-refractivity contribution in [2.24, 2.45) is 0 Å². The van der Waals surface area contributed by atoms with Crippen molar-refractivity contribution in [3.05, 3.63) is 132 Å². The molecule has 0 unspecified atom stereocenters. The highest BCUT2D eigenvalue weighted by Gasteiger charge is 2.09. The smallest absolute Gasteiger partial charge is 0.231 e. The van der Waals surface area contributed by atoms with Crippen molar-refractivity contribution in [2.45, 2.75) is 84.6 Å². The molecule has 1 aliphatic heterocycles. The summed E-state index contributed by atoms with van der Waals surface area (Å²) < 4.78 is 11.5. The molecule has 6 aromatic rings. The molecule has 0 aliphatic carbocycles. The maximum Gasteiger partial charge on any atom is 0.231 e. The maximum absolute atomic E-state index is 5.08. The second-order valence-corrected chi connectivity index (χ2v) is 8.48. The van der Waals surface area contributed by atoms with Crippen LogP contribution in [0, 0.1) is 6.92 Å². The monoisotopic (exact) mass is 633 g/mol. The lowest BCUT2D eigenvalue weighted by molar-refractivity contribution is 0.174. The van der Waals surface area contributed by atoms with Gasteiger partial charge in [0.2, 0.25) is 6.79 Å². The Morgan fingerprint density at radius 2 is 0.978 bits per heavy atom. The van der Waals surface area contributed by atoms with Crippen LogP contribution in [0.25, 0.3) is 21.0 Å². The van der Waals surface area contributed by atoms with Crippen LogP contribution in [-0.4, -0.2) is 11.8 Å². The second-order valence-electron chi connectivity index (χ2n) is 7.53. The molecule has 45 heavy (non-hydrogen) atoms. The van der Waals surface area contributed by atoms with Crippen LogP contribution in [-0.2, 0) is 0 Å². The molecule has 0 saturated carbocycles. The molecule has 0 fully saturated rings. The zero-order valence-corrected chi connectivity index (χ0v) is 27.9. The first kappa shape index (κ1) is 47.9. The summed E-state index contributed by atoms with van der Waals surface area (Å²) in [6, 6.07) is 38.7. The molecule has 3 nitrogen and oxygen atoms in total. The van der Waals surface area contributed by atoms with Crippen LogP contribution in [0.1, 0.15) is 83.2 Å². The summed E-state index contributed by atoms with van der Waals surface area (Å²) in [6.45, 7) is 18.4. The zero-order chi connectivity index (χ0) is 31.4. The van der Waals surface area contributed by atoms with Crippen molar-refractivity contribution in [2.75, 3.05) is 6.79 Å². The number of fused-ring (bicyclic) bond motifs is 3. The molecule has 4 aromatic carbocycles. The van der Waals surface area contributed by atoms with E-state index >= 15 is 0 Å². The third-order valence-electron chi connectivity index (χ3n) is 5.04. The summed E-state index contributed by atoms with van der Waals surface area (Å²) in [5.41, 5.74) is 2.53. The Balaban J connectivity index is -0.000000228. The summed E-state index contributed by atoms with van der Waals surface area (Å²) >= 11 is 1.79. The largest absolute Gasteiger partial charge is 0.454 e. The van der Waals surface area contributed by atoms with Gasteiger partial charge in [-0.3, -0.25) is 0 Å². The fourth-order valence-electron chi connectivity index (χ4n) is 3.28. The number of thiophene rings is 1. The summed E-state index contributed by atoms with van der Waals surface area (Å²) in [4.78, 5) is 3.12. The highest BCUT2D eigenvalue weighted by molar-refractivity contribution is 7.17. The van der Waals surface area contributed by atoms with Crippen molar-refractivity contribution in [1.82, 2.24) is 4.98 Å². The molecule has 1 aliphatic rings. The molecule has 4 heteroatoms. The molecule has 250 valence electrons. The average molecular weight is 634 g/mol. The summed E-state index contributed by atoms with van der Waals surface area (Å²) in [5.74, 6) is 1.69. The fraction of sp³-hybridized carbons (Fsp3) is 0.317. The first-order valence-corrected chi connectivity index (χ1v) is 16.0. The molecule has 0 spiro atoms. The molecule has 0 bridgehead atoms. The Morgan fingerprint density at radius 1 is 0.511 bits per heavy atom. The number of nitrogens with one attached hydrogen (secondary N) is 1. The van der Waals surface area contributed by atoms with Crippen molar-refractivity contribution < 1.29 is 9.47 Å². The molecule has 1 N–H and O–H groups in total. The van der Waals surface area contributed by atoms with E-state index in [9.17, 15) is 0 Å². The van der Waals surface area contributed by atoms with E-state index in [4.69, 9.17) is 9.47 Å². The summed E-state index contributed by atoms with van der Waals surface area (Å²) in [6.07, 6.45) is 1.95. The Labute approximate surface area is 281 Å². The SMILES string of the molecule is C.C.C.CC.CC.CC.CC.Cc1ccccc1.c1ccc2[nH]ccc2c1.c1ccc2c(c1)OCO2.c1ccc2sccc2c1. The Bertz CT molecular complexity index is 1260. The number of benzene rings is 4. The van der Waals surface area contributed by atoms with Crippen molar-refractivity contribution in [1.29, 1.82) is 0 Å². The first-order chi connectivity index (χ1) is 20.8. The van der Waals surface area contributed by atoms with Crippen LogP contribution in [0.2, 0.25) is 0 Å². The normalized spacial score (nSPS) is 8.73. The van der Waals surface area contributed by atoms with E-state index in [0.717, 1.165) is 11.5 Å². The molecule has 0 atom stereocenters. The van der Waals surface area contributed by atoms with Crippen molar-refractivity contribution in [3.8, 4) is 11.5 Å². The van der Waals surface area contributed by atoms with Crippen LogP contribution < -0.4 is 9.47 Å². The van der Waals surface area contributed by atoms with Gasteiger partial charge >= 0.3 is 0 Å². The highest BCUT2D eigenvalue weighted by atomic mass is 32.1. The van der Waals surface area contributed by atoms with Crippen LogP contribution >= 0.6 is 11.3 Å². The molecular formula is C41H63NO2S. The van der Waals surface area contributed by atoms with Gasteiger partial charge in [0.25, 0.3) is 0 Å². The summed E-state index contributed by atoms with van der Waals surface area (Å²) in [5, 5.41) is 4.74. The first-order valence-electron chi connectivity index (χ1n) is 15.1. The molecule has 0 saturated heterocycles. The number of hydrogen-bond acceptors (Lipinski definition) is 3. The van der Waals surface area contributed by atoms with Gasteiger partial charge in [0.1, 0.15) is 0 Å². The number of aryl methyl sites for hydroxylation is 1. The van der Waals surface area contributed by atoms with E-state index in [1.807, 2.05) is 116 Å². The van der Waals surface area contributed by atoms with Gasteiger partial charge in [0.05, 0.1) is 0 Å². The number of rotatable bonds is 0. The van der Waals surface area contributed by atoms with E-state index in [2.05, 4.69) is 78.0 Å². The quantitative estimate of drug-likeness (QED) is 0.181. The Kier molecular flexibility index (Phi) is 35.0. The van der Waals surface area contributed by atoms with Crippen LogP contribution in [0.5, 0.6) is 11.5 Å². The maximum atomic E-state index is 5.08. The standard InChI is InChI=1S/C8H7N.C8H6S.C7H6O2.C7H8.4C2H6.3CH4/c2*1-2-4-8-7(3-1)5-6-9-8;1-2-4-7-6(3-1)8-5-9-7;1-7-5-3-2-4-6-7;4*1-2;;;/h1-6,9H;1-6H;1-4H,5H2;2-6H,1H3;4*1-2H3;3*1H4. The summed E-state index contributed by atoms with van der Waals surface area (Å²) in [7, 11) is 0. The third kappa shape index (κ3) is 19.1. The van der Waals surface area contributed by atoms with E-state index in [1.54, 1.807) is 11.3 Å². The van der Waals surface area contributed by atoms with E-state index < -0.39 is 0 Å². The number of ether oxygens (including phenoxy) is 2. The number of H-pyrrole nitrogens is 1. The predicted molar refractivity (Wildman–Crippen MR) is 209 cm³/mol. The molecule has 7 rings (SSSR count). The van der Waals surface area contributed by atoms with Crippen LogP contribution in [0.4, 0.5) is 0 Å². The van der Waals surface area contributed by atoms with Gasteiger partial charge in [-0.15, -0.1) is 11.3 Å². The molecular weight excluding hydrogens is 571 g/mol. The number of aromatic nitrogens is 1. The highest BCUT2D eigenvalue weighted by Crippen LogP contribution is 2.30. The molecule has 0 amide bonds. The van der Waals surface area contributed by atoms with Gasteiger partial charge in [-0.2, -0.15) is 0 Å². The van der Waals surface area contributed by atoms with Gasteiger partial charge in [-0.1, -0.05) is 162 Å². The second kappa shape index (κ2) is 32.9. The minimum Gasteiger partial charge on any atom is -0.454 e. The van der Waals surface area contributed by atoms with E-state index in [1.165, 1.54) is 26.6 Å². The fourth-order valence-corrected chi connectivity index (χ4v) is 4.07. The average Bonchev–Trinajstić information content (AvgIpc) is 3.87. The van der Waals surface area contributed by atoms with Gasteiger partial charge < -0.3 is 14.5 Å². The molecule has 0 radical (unpaired) electrons. The van der Waals surface area contributed by atoms with Crippen molar-refractivity contribution >= 4 is 32.3 Å². The molecule has 2 aromatic heterocycles. The lowest BCUT2D eigenvalue weighted by atomic mass is 10.2. The number of hydrogen-bond donors (Lipinski definition) is 1. The number of aromatic amines is 1. The Morgan fingerprint density at radius 3 is 1.47 bits per heavy atom.